The zero-order valence-electron chi connectivity index (χ0n) is 14.8. The van der Waals surface area contributed by atoms with E-state index in [2.05, 4.69) is 0 Å². The van der Waals surface area contributed by atoms with Crippen molar-refractivity contribution in [1.29, 1.82) is 0 Å². The third kappa shape index (κ3) is 3.16. The van der Waals surface area contributed by atoms with Crippen LogP contribution in [-0.2, 0) is 4.74 Å². The predicted molar refractivity (Wildman–Crippen MR) is 97.0 cm³/mol. The van der Waals surface area contributed by atoms with Crippen LogP contribution in [0, 0.1) is 6.92 Å². The molecule has 0 radical (unpaired) electrons. The summed E-state index contributed by atoms with van der Waals surface area (Å²) in [6, 6.07) is 2.20. The van der Waals surface area contributed by atoms with E-state index in [9.17, 15) is 9.59 Å². The number of amides is 2. The number of ether oxygens (including phenoxy) is 1. The van der Waals surface area contributed by atoms with Crippen LogP contribution in [0.4, 0.5) is 4.79 Å². The van der Waals surface area contributed by atoms with Crippen molar-refractivity contribution in [2.24, 2.45) is 0 Å². The number of rotatable bonds is 2. The topological polar surface area (TPSA) is 49.9 Å². The van der Waals surface area contributed by atoms with Crippen molar-refractivity contribution in [2.75, 3.05) is 19.6 Å². The Morgan fingerprint density at radius 3 is 2.60 bits per heavy atom. The van der Waals surface area contributed by atoms with Crippen molar-refractivity contribution in [1.82, 2.24) is 9.80 Å². The van der Waals surface area contributed by atoms with Crippen molar-refractivity contribution in [2.45, 2.75) is 63.5 Å². The first kappa shape index (κ1) is 16.9. The second-order valence-electron chi connectivity index (χ2n) is 7.70. The van der Waals surface area contributed by atoms with Gasteiger partial charge in [0, 0.05) is 19.1 Å². The van der Waals surface area contributed by atoms with Gasteiger partial charge in [-0.25, -0.2) is 4.79 Å². The zero-order valence-corrected chi connectivity index (χ0v) is 15.6. The first-order chi connectivity index (χ1) is 12.1. The lowest BCUT2D eigenvalue weighted by Gasteiger charge is -2.36. The Hall–Kier alpha value is -1.56. The van der Waals surface area contributed by atoms with Crippen LogP contribution in [0.15, 0.2) is 11.4 Å². The number of aryl methyl sites for hydroxylation is 1. The maximum absolute atomic E-state index is 12.6. The average molecular weight is 362 g/mol. The van der Waals surface area contributed by atoms with Gasteiger partial charge in [-0.05, 0) is 62.5 Å². The summed E-state index contributed by atoms with van der Waals surface area (Å²) in [6.45, 7) is 4.17. The quantitative estimate of drug-likeness (QED) is 0.804. The van der Waals surface area contributed by atoms with E-state index in [0.29, 0.717) is 0 Å². The number of hydrogen-bond acceptors (Lipinski definition) is 4. The summed E-state index contributed by atoms with van der Waals surface area (Å²) in [5.74, 6) is 0.138. The van der Waals surface area contributed by atoms with Crippen molar-refractivity contribution >= 4 is 23.3 Å². The SMILES string of the molecule is Cc1ccsc1C(=O)N1CCC(N2CC3(CCCCC3)OC2=O)CC1. The first-order valence-electron chi connectivity index (χ1n) is 9.41. The van der Waals surface area contributed by atoms with Gasteiger partial charge in [0.25, 0.3) is 5.91 Å². The molecular weight excluding hydrogens is 336 g/mol. The summed E-state index contributed by atoms with van der Waals surface area (Å²) in [5.41, 5.74) is 0.829. The molecule has 1 saturated carbocycles. The lowest BCUT2D eigenvalue weighted by molar-refractivity contribution is 0.0259. The summed E-state index contributed by atoms with van der Waals surface area (Å²) in [4.78, 5) is 29.8. The molecule has 5 nitrogen and oxygen atoms in total. The number of nitrogens with zero attached hydrogens (tertiary/aromatic N) is 2. The van der Waals surface area contributed by atoms with Gasteiger partial charge < -0.3 is 14.5 Å². The third-order valence-corrected chi connectivity index (χ3v) is 7.01. The Balaban J connectivity index is 1.36. The number of hydrogen-bond donors (Lipinski definition) is 0. The fourth-order valence-corrected chi connectivity index (χ4v) is 5.39. The van der Waals surface area contributed by atoms with Crippen LogP contribution < -0.4 is 0 Å². The molecule has 0 bridgehead atoms. The smallest absolute Gasteiger partial charge is 0.410 e. The molecule has 25 heavy (non-hydrogen) atoms. The third-order valence-electron chi connectivity index (χ3n) is 6.01. The van der Waals surface area contributed by atoms with Gasteiger partial charge in [0.15, 0.2) is 0 Å². The molecule has 1 aromatic rings. The van der Waals surface area contributed by atoms with Gasteiger partial charge in [0.1, 0.15) is 5.60 Å². The minimum atomic E-state index is -0.226. The van der Waals surface area contributed by atoms with Gasteiger partial charge in [-0.3, -0.25) is 4.79 Å². The van der Waals surface area contributed by atoms with E-state index in [1.54, 1.807) is 0 Å². The van der Waals surface area contributed by atoms with Crippen LogP contribution in [0.5, 0.6) is 0 Å². The monoisotopic (exact) mass is 362 g/mol. The summed E-state index contributed by atoms with van der Waals surface area (Å²) in [7, 11) is 0. The van der Waals surface area contributed by atoms with E-state index in [1.165, 1.54) is 17.8 Å². The first-order valence-corrected chi connectivity index (χ1v) is 10.3. The van der Waals surface area contributed by atoms with Crippen molar-refractivity contribution < 1.29 is 14.3 Å². The number of likely N-dealkylation sites (tertiary alicyclic amines) is 1. The van der Waals surface area contributed by atoms with Gasteiger partial charge in [0.2, 0.25) is 0 Å². The highest BCUT2D eigenvalue weighted by atomic mass is 32.1. The summed E-state index contributed by atoms with van der Waals surface area (Å²) in [5, 5.41) is 1.97. The van der Waals surface area contributed by atoms with Gasteiger partial charge in [0.05, 0.1) is 11.4 Å². The van der Waals surface area contributed by atoms with Crippen LogP contribution in [0.1, 0.15) is 60.2 Å². The summed E-state index contributed by atoms with van der Waals surface area (Å²) in [6.07, 6.45) is 7.14. The molecule has 0 N–H and O–H groups in total. The van der Waals surface area contributed by atoms with E-state index in [4.69, 9.17) is 4.74 Å². The van der Waals surface area contributed by atoms with Crippen molar-refractivity contribution in [3.8, 4) is 0 Å². The van der Waals surface area contributed by atoms with E-state index in [0.717, 1.165) is 68.6 Å². The molecule has 2 aliphatic heterocycles. The molecule has 2 amide bonds. The van der Waals surface area contributed by atoms with Crippen molar-refractivity contribution in [3.63, 3.8) is 0 Å². The zero-order chi connectivity index (χ0) is 17.4. The van der Waals surface area contributed by atoms with Gasteiger partial charge in [-0.1, -0.05) is 6.42 Å². The Bertz CT molecular complexity index is 657. The minimum Gasteiger partial charge on any atom is -0.441 e. The van der Waals surface area contributed by atoms with Crippen LogP contribution in [0.2, 0.25) is 0 Å². The molecule has 1 spiro atoms. The molecule has 3 heterocycles. The van der Waals surface area contributed by atoms with E-state index in [-0.39, 0.29) is 23.6 Å². The predicted octanol–water partition coefficient (Wildman–Crippen LogP) is 3.82. The largest absolute Gasteiger partial charge is 0.441 e. The van der Waals surface area contributed by atoms with Crippen LogP contribution >= 0.6 is 11.3 Å². The van der Waals surface area contributed by atoms with Crippen LogP contribution in [-0.4, -0.2) is 53.1 Å². The van der Waals surface area contributed by atoms with Crippen LogP contribution in [0.25, 0.3) is 0 Å². The molecule has 0 aromatic carbocycles. The molecule has 0 atom stereocenters. The van der Waals surface area contributed by atoms with E-state index in [1.807, 2.05) is 28.2 Å². The molecule has 136 valence electrons. The number of thiophene rings is 1. The summed E-state index contributed by atoms with van der Waals surface area (Å²) < 4.78 is 5.81. The fraction of sp³-hybridized carbons (Fsp3) is 0.684. The molecule has 1 aromatic heterocycles. The molecule has 3 aliphatic rings. The Morgan fingerprint density at radius 2 is 1.96 bits per heavy atom. The van der Waals surface area contributed by atoms with Crippen LogP contribution in [0.3, 0.4) is 0 Å². The molecule has 6 heteroatoms. The normalized spacial score (nSPS) is 24.0. The molecule has 0 unspecified atom stereocenters. The summed E-state index contributed by atoms with van der Waals surface area (Å²) >= 11 is 1.52. The highest BCUT2D eigenvalue weighted by Gasteiger charge is 2.48. The maximum atomic E-state index is 12.6. The van der Waals surface area contributed by atoms with E-state index < -0.39 is 0 Å². The fourth-order valence-electron chi connectivity index (χ4n) is 4.50. The standard InChI is InChI=1S/C19H26N2O3S/c1-14-7-12-25-16(14)17(22)20-10-5-15(6-11-20)21-13-19(24-18(21)23)8-3-2-4-9-19/h7,12,15H,2-6,8-11,13H2,1H3. The lowest BCUT2D eigenvalue weighted by Crippen LogP contribution is -2.48. The molecule has 2 saturated heterocycles. The second kappa shape index (κ2) is 6.63. The second-order valence-corrected chi connectivity index (χ2v) is 8.61. The molecule has 4 rings (SSSR count). The Kier molecular flexibility index (Phi) is 4.48. The Labute approximate surface area is 152 Å². The maximum Gasteiger partial charge on any atom is 0.410 e. The van der Waals surface area contributed by atoms with Gasteiger partial charge in [-0.2, -0.15) is 0 Å². The van der Waals surface area contributed by atoms with E-state index >= 15 is 0 Å². The Morgan fingerprint density at radius 1 is 1.24 bits per heavy atom. The van der Waals surface area contributed by atoms with Gasteiger partial charge >= 0.3 is 6.09 Å². The average Bonchev–Trinajstić information content (AvgIpc) is 3.18. The number of carbonyl (C=O) groups excluding carboxylic acids is 2. The van der Waals surface area contributed by atoms with Gasteiger partial charge in [-0.15, -0.1) is 11.3 Å². The number of piperidine rings is 1. The highest BCUT2D eigenvalue weighted by molar-refractivity contribution is 7.12. The lowest BCUT2D eigenvalue weighted by atomic mass is 9.84. The molecule has 1 aliphatic carbocycles. The molecule has 3 fully saturated rings. The molecular formula is C19H26N2O3S. The number of carbonyl (C=O) groups is 2. The van der Waals surface area contributed by atoms with Crippen molar-refractivity contribution in [3.05, 3.63) is 21.9 Å². The minimum absolute atomic E-state index is 0.138. The highest BCUT2D eigenvalue weighted by Crippen LogP contribution is 2.38.